The zero-order chi connectivity index (χ0) is 41.3. The number of nitrogens with zero attached hydrogens (tertiary/aromatic N) is 3. The van der Waals surface area contributed by atoms with Crippen molar-refractivity contribution in [2.45, 2.75) is 77.2 Å². The van der Waals surface area contributed by atoms with Gasteiger partial charge in [0.25, 0.3) is 11.8 Å². The number of halogens is 3. The number of primary amides is 1. The smallest absolute Gasteiger partial charge is 0.445 e. The van der Waals surface area contributed by atoms with Crippen molar-refractivity contribution in [3.63, 3.8) is 0 Å². The number of amides is 9. The first kappa shape index (κ1) is 45.5. The third-order valence-electron chi connectivity index (χ3n) is 8.31. The minimum atomic E-state index is -5.03. The van der Waals surface area contributed by atoms with E-state index >= 15 is 0 Å². The van der Waals surface area contributed by atoms with Crippen LogP contribution in [0.15, 0.2) is 36.4 Å². The number of unbranched alkanes of at least 4 members (excludes halogenated alkanes) is 2. The Hall–Kier alpha value is -5.69. The second-order valence-corrected chi connectivity index (χ2v) is 13.1. The van der Waals surface area contributed by atoms with Crippen LogP contribution in [0, 0.1) is 5.92 Å². The number of benzene rings is 1. The van der Waals surface area contributed by atoms with E-state index < -0.39 is 54.0 Å². The van der Waals surface area contributed by atoms with Crippen LogP contribution >= 0.6 is 0 Å². The lowest BCUT2D eigenvalue weighted by molar-refractivity contribution is -0.184. The summed E-state index contributed by atoms with van der Waals surface area (Å²) in [6.45, 7) is 3.03. The summed E-state index contributed by atoms with van der Waals surface area (Å²) in [5, 5.41) is 10.5. The molecule has 1 heterocycles. The zero-order valence-corrected chi connectivity index (χ0v) is 31.2. The Morgan fingerprint density at radius 3 is 2.05 bits per heavy atom. The number of nitrogens with one attached hydrogen (secondary N) is 4. The molecule has 0 spiro atoms. The highest BCUT2D eigenvalue weighted by molar-refractivity contribution is 6.12. The Morgan fingerprint density at radius 1 is 0.855 bits per heavy atom. The van der Waals surface area contributed by atoms with Crippen LogP contribution in [0.25, 0.3) is 0 Å². The lowest BCUT2D eigenvalue weighted by atomic mass is 10.0. The van der Waals surface area contributed by atoms with Gasteiger partial charge in [0.2, 0.25) is 17.7 Å². The average Bonchev–Trinajstić information content (AvgIpc) is 3.44. The normalized spacial score (nSPS) is 13.6. The summed E-state index contributed by atoms with van der Waals surface area (Å²) in [5.74, 6) is -4.73. The van der Waals surface area contributed by atoms with Crippen LogP contribution in [0.1, 0.15) is 57.9 Å². The summed E-state index contributed by atoms with van der Waals surface area (Å²) < 4.78 is 42.9. The molecule has 0 saturated heterocycles. The maximum absolute atomic E-state index is 13.4. The molecule has 9 amide bonds. The van der Waals surface area contributed by atoms with Crippen LogP contribution in [-0.2, 0) is 40.1 Å². The summed E-state index contributed by atoms with van der Waals surface area (Å²) in [6.07, 6.45) is -1.48. The Bertz CT molecular complexity index is 1550. The molecule has 1 aliphatic rings. The molecule has 304 valence electrons. The van der Waals surface area contributed by atoms with Gasteiger partial charge in [-0.3, -0.25) is 33.7 Å². The van der Waals surface area contributed by atoms with E-state index in [1.807, 2.05) is 0 Å². The number of carbonyl (C=O) groups is 8. The van der Waals surface area contributed by atoms with Crippen molar-refractivity contribution in [1.29, 1.82) is 0 Å². The van der Waals surface area contributed by atoms with Crippen LogP contribution in [0.3, 0.4) is 0 Å². The predicted molar refractivity (Wildman–Crippen MR) is 191 cm³/mol. The number of rotatable bonds is 21. The Morgan fingerprint density at radius 2 is 1.47 bits per heavy atom. The lowest BCUT2D eigenvalue weighted by Crippen LogP contribution is -2.54. The van der Waals surface area contributed by atoms with Crippen molar-refractivity contribution in [3.8, 4) is 0 Å². The number of hydrogen-bond donors (Lipinski definition) is 5. The number of likely N-dealkylation sites (N-methyl/N-ethyl adjacent to an activating group) is 2. The fourth-order valence-corrected chi connectivity index (χ4v) is 5.09. The standard InChI is InChI=1S/C35H49F3N8O9/c1-22(2)29(43-26(47)10-6-5-7-18-46-27(48)15-16-28(46)49)31(51)42-25(9-8-17-40-33(39)53)30(50)41-24-13-11-23(12-14-24)21-55-34(54)45(4)20-19-44(3)32(52)35(36,37)38/h11-16,22,25,29H,5-10,17-21H2,1-4H3,(H,41,50)(H,42,51)(H,43,47)(H3,39,40,53)/t25-,29-/m0/s1. The second kappa shape index (κ2) is 21.9. The average molecular weight is 783 g/mol. The molecule has 1 aliphatic heterocycles. The van der Waals surface area contributed by atoms with Gasteiger partial charge in [-0.2, -0.15) is 13.2 Å². The van der Waals surface area contributed by atoms with E-state index in [4.69, 9.17) is 10.5 Å². The Labute approximate surface area is 316 Å². The first-order valence-corrected chi connectivity index (χ1v) is 17.6. The molecular formula is C35H49F3N8O9. The summed E-state index contributed by atoms with van der Waals surface area (Å²) in [4.78, 5) is 100. The van der Waals surface area contributed by atoms with Crippen molar-refractivity contribution in [2.24, 2.45) is 11.7 Å². The van der Waals surface area contributed by atoms with Gasteiger partial charge in [0.15, 0.2) is 0 Å². The monoisotopic (exact) mass is 782 g/mol. The van der Waals surface area contributed by atoms with E-state index in [1.165, 1.54) is 31.3 Å². The van der Waals surface area contributed by atoms with E-state index in [2.05, 4.69) is 21.3 Å². The van der Waals surface area contributed by atoms with Crippen molar-refractivity contribution < 1.29 is 56.3 Å². The molecule has 0 bridgehead atoms. The molecule has 1 aromatic carbocycles. The van der Waals surface area contributed by atoms with Gasteiger partial charge in [-0.25, -0.2) is 9.59 Å². The van der Waals surface area contributed by atoms with Crippen LogP contribution in [-0.4, -0.2) is 121 Å². The number of carbonyl (C=O) groups excluding carboxylic acids is 8. The zero-order valence-electron chi connectivity index (χ0n) is 31.2. The quantitative estimate of drug-likeness (QED) is 0.0903. The summed E-state index contributed by atoms with van der Waals surface area (Å²) >= 11 is 0. The third kappa shape index (κ3) is 16.1. The van der Waals surface area contributed by atoms with Gasteiger partial charge in [-0.1, -0.05) is 32.4 Å². The molecule has 6 N–H and O–H groups in total. The molecule has 0 fully saturated rings. The summed E-state index contributed by atoms with van der Waals surface area (Å²) in [5.41, 5.74) is 5.96. The van der Waals surface area contributed by atoms with Gasteiger partial charge in [0, 0.05) is 64.5 Å². The number of alkyl halides is 3. The first-order valence-electron chi connectivity index (χ1n) is 17.6. The minimum Gasteiger partial charge on any atom is -0.445 e. The molecule has 20 heteroatoms. The van der Waals surface area contributed by atoms with Gasteiger partial charge in [0.05, 0.1) is 0 Å². The summed E-state index contributed by atoms with van der Waals surface area (Å²) in [6, 6.07) is 3.31. The van der Waals surface area contributed by atoms with E-state index in [1.54, 1.807) is 26.0 Å². The molecule has 17 nitrogen and oxygen atoms in total. The van der Waals surface area contributed by atoms with Gasteiger partial charge in [0.1, 0.15) is 18.7 Å². The Balaban J connectivity index is 1.93. The number of hydrogen-bond acceptors (Lipinski definition) is 9. The molecular weight excluding hydrogens is 733 g/mol. The van der Waals surface area contributed by atoms with Gasteiger partial charge in [-0.15, -0.1) is 0 Å². The summed E-state index contributed by atoms with van der Waals surface area (Å²) in [7, 11) is 2.27. The second-order valence-electron chi connectivity index (χ2n) is 13.1. The van der Waals surface area contributed by atoms with Gasteiger partial charge >= 0.3 is 24.2 Å². The highest BCUT2D eigenvalue weighted by Gasteiger charge is 2.41. The predicted octanol–water partition coefficient (Wildman–Crippen LogP) is 1.77. The lowest BCUT2D eigenvalue weighted by Gasteiger charge is -2.25. The molecule has 0 aliphatic carbocycles. The molecule has 1 aromatic rings. The fourth-order valence-electron chi connectivity index (χ4n) is 5.09. The minimum absolute atomic E-state index is 0.0931. The van der Waals surface area contributed by atoms with Crippen molar-refractivity contribution in [3.05, 3.63) is 42.0 Å². The van der Waals surface area contributed by atoms with Crippen molar-refractivity contribution in [1.82, 2.24) is 30.7 Å². The largest absolute Gasteiger partial charge is 0.471 e. The molecule has 0 unspecified atom stereocenters. The van der Waals surface area contributed by atoms with E-state index in [0.717, 1.165) is 16.8 Å². The van der Waals surface area contributed by atoms with Crippen molar-refractivity contribution in [2.75, 3.05) is 45.6 Å². The highest BCUT2D eigenvalue weighted by Crippen LogP contribution is 2.18. The van der Waals surface area contributed by atoms with Gasteiger partial charge < -0.3 is 41.5 Å². The Kier molecular flexibility index (Phi) is 18.1. The van der Waals surface area contributed by atoms with E-state index in [9.17, 15) is 51.5 Å². The SMILES string of the molecule is CC(C)[C@H](NC(=O)CCCCCN1C(=O)C=CC1=O)C(=O)N[C@@H](CCCNC(N)=O)C(=O)Nc1ccc(COC(=O)N(C)CCN(C)C(=O)C(F)(F)F)cc1. The molecule has 2 rings (SSSR count). The molecule has 0 saturated carbocycles. The number of urea groups is 1. The topological polar surface area (TPSA) is 230 Å². The van der Waals surface area contributed by atoms with E-state index in [-0.39, 0.29) is 69.8 Å². The van der Waals surface area contributed by atoms with Crippen LogP contribution < -0.4 is 27.0 Å². The number of nitrogens with two attached hydrogens (primary N) is 1. The van der Waals surface area contributed by atoms with Crippen LogP contribution in [0.2, 0.25) is 0 Å². The molecule has 0 aromatic heterocycles. The number of anilines is 1. The molecule has 2 atom stereocenters. The molecule has 0 radical (unpaired) electrons. The van der Waals surface area contributed by atoms with Crippen molar-refractivity contribution >= 4 is 53.3 Å². The van der Waals surface area contributed by atoms with Crippen LogP contribution in [0.4, 0.5) is 28.4 Å². The highest BCUT2D eigenvalue weighted by atomic mass is 19.4. The van der Waals surface area contributed by atoms with Crippen LogP contribution in [0.5, 0.6) is 0 Å². The van der Waals surface area contributed by atoms with Gasteiger partial charge in [-0.05, 0) is 49.3 Å². The maximum atomic E-state index is 13.4. The third-order valence-corrected chi connectivity index (χ3v) is 8.31. The fraction of sp³-hybridized carbons (Fsp3) is 0.543. The van der Waals surface area contributed by atoms with E-state index in [0.29, 0.717) is 35.4 Å². The number of ether oxygens (including phenoxy) is 1. The number of imide groups is 1. The maximum Gasteiger partial charge on any atom is 0.471 e. The first-order chi connectivity index (χ1) is 25.8. The molecule has 55 heavy (non-hydrogen) atoms.